The molecular weight excluding hydrogens is 441 g/mol. The minimum atomic E-state index is 0. The number of rotatable bonds is 2. The molecule has 2 saturated heterocycles. The predicted molar refractivity (Wildman–Crippen MR) is 115 cm³/mol. The van der Waals surface area contributed by atoms with Crippen LogP contribution < -0.4 is 10.6 Å². The molecule has 4 fully saturated rings. The molecule has 2 N–H and O–H groups in total. The Hall–Kier alpha value is -0.0800. The Labute approximate surface area is 175 Å². The van der Waals surface area contributed by atoms with Crippen LogP contribution in [0.25, 0.3) is 0 Å². The zero-order chi connectivity index (χ0) is 17.8. The van der Waals surface area contributed by atoms with Gasteiger partial charge in [0.15, 0.2) is 5.96 Å². The molecular formula is C20H36IN3O2. The average Bonchev–Trinajstić information content (AvgIpc) is 2.61. The summed E-state index contributed by atoms with van der Waals surface area (Å²) in [5.41, 5.74) is 0.322. The summed E-state index contributed by atoms with van der Waals surface area (Å²) in [6.07, 6.45) is 5.67. The molecule has 0 bridgehead atoms. The van der Waals surface area contributed by atoms with Crippen LogP contribution in [0.4, 0.5) is 0 Å². The van der Waals surface area contributed by atoms with Gasteiger partial charge < -0.3 is 20.1 Å². The maximum atomic E-state index is 6.04. The van der Waals surface area contributed by atoms with Crippen LogP contribution >= 0.6 is 24.0 Å². The van der Waals surface area contributed by atoms with E-state index in [0.29, 0.717) is 36.1 Å². The number of nitrogens with zero attached hydrogens (tertiary/aromatic N) is 1. The van der Waals surface area contributed by atoms with Crippen LogP contribution in [0, 0.1) is 22.7 Å². The fraction of sp³-hybridized carbons (Fsp3) is 0.950. The van der Waals surface area contributed by atoms with Gasteiger partial charge in [0.1, 0.15) is 0 Å². The number of nitrogens with one attached hydrogen (secondary N) is 2. The highest BCUT2D eigenvalue weighted by Crippen LogP contribution is 2.52. The van der Waals surface area contributed by atoms with Crippen LogP contribution in [-0.2, 0) is 9.47 Å². The molecule has 150 valence electrons. The van der Waals surface area contributed by atoms with Crippen LogP contribution in [0.15, 0.2) is 4.99 Å². The lowest BCUT2D eigenvalue weighted by atomic mass is 9.55. The average molecular weight is 477 g/mol. The fourth-order valence-corrected chi connectivity index (χ4v) is 6.10. The lowest BCUT2D eigenvalue weighted by Crippen LogP contribution is -2.74. The molecule has 6 heteroatoms. The number of ether oxygens (including phenoxy) is 2. The molecule has 0 aromatic heterocycles. The first kappa shape index (κ1) is 20.6. The van der Waals surface area contributed by atoms with E-state index >= 15 is 0 Å². The summed E-state index contributed by atoms with van der Waals surface area (Å²) in [7, 11) is 1.89. The lowest BCUT2D eigenvalue weighted by Gasteiger charge is -2.62. The van der Waals surface area contributed by atoms with Crippen LogP contribution in [0.5, 0.6) is 0 Å². The summed E-state index contributed by atoms with van der Waals surface area (Å²) in [6.45, 7) is 11.1. The minimum absolute atomic E-state index is 0. The van der Waals surface area contributed by atoms with Gasteiger partial charge in [-0.3, -0.25) is 4.99 Å². The summed E-state index contributed by atoms with van der Waals surface area (Å²) in [5.74, 6) is 2.18. The van der Waals surface area contributed by atoms with Crippen molar-refractivity contribution in [1.29, 1.82) is 0 Å². The molecule has 2 heterocycles. The molecule has 0 amide bonds. The van der Waals surface area contributed by atoms with Crippen LogP contribution in [0.1, 0.15) is 53.4 Å². The number of hydrogen-bond donors (Lipinski definition) is 2. The second kappa shape index (κ2) is 7.39. The van der Waals surface area contributed by atoms with Crippen molar-refractivity contribution in [3.63, 3.8) is 0 Å². The molecule has 6 unspecified atom stereocenters. The largest absolute Gasteiger partial charge is 0.377 e. The molecule has 0 aromatic carbocycles. The first-order valence-electron chi connectivity index (χ1n) is 10.1. The van der Waals surface area contributed by atoms with E-state index in [1.807, 2.05) is 7.05 Å². The molecule has 6 atom stereocenters. The van der Waals surface area contributed by atoms with E-state index < -0.39 is 0 Å². The lowest BCUT2D eigenvalue weighted by molar-refractivity contribution is -0.192. The zero-order valence-corrected chi connectivity index (χ0v) is 19.2. The Bertz CT molecular complexity index is 507. The molecule has 5 nitrogen and oxygen atoms in total. The summed E-state index contributed by atoms with van der Waals surface area (Å²) in [4.78, 5) is 4.55. The summed E-state index contributed by atoms with van der Waals surface area (Å²) >= 11 is 0. The summed E-state index contributed by atoms with van der Waals surface area (Å²) in [6, 6.07) is 0.871. The third kappa shape index (κ3) is 3.08. The molecule has 26 heavy (non-hydrogen) atoms. The van der Waals surface area contributed by atoms with Gasteiger partial charge in [-0.1, -0.05) is 27.7 Å². The van der Waals surface area contributed by atoms with E-state index in [0.717, 1.165) is 19.2 Å². The molecule has 4 rings (SSSR count). The Morgan fingerprint density at radius 3 is 1.65 bits per heavy atom. The van der Waals surface area contributed by atoms with Crippen molar-refractivity contribution in [3.05, 3.63) is 0 Å². The van der Waals surface area contributed by atoms with Gasteiger partial charge in [0.25, 0.3) is 0 Å². The van der Waals surface area contributed by atoms with Crippen molar-refractivity contribution in [3.8, 4) is 0 Å². The van der Waals surface area contributed by atoms with E-state index in [-0.39, 0.29) is 34.8 Å². The van der Waals surface area contributed by atoms with Crippen molar-refractivity contribution >= 4 is 29.9 Å². The smallest absolute Gasteiger partial charge is 0.191 e. The highest BCUT2D eigenvalue weighted by Gasteiger charge is 2.60. The highest BCUT2D eigenvalue weighted by atomic mass is 127. The number of aliphatic imine (C=N–C) groups is 1. The molecule has 2 aliphatic carbocycles. The molecule has 4 aliphatic rings. The topological polar surface area (TPSA) is 54.9 Å². The van der Waals surface area contributed by atoms with E-state index in [1.165, 1.54) is 25.7 Å². The minimum Gasteiger partial charge on any atom is -0.377 e. The maximum Gasteiger partial charge on any atom is 0.191 e. The van der Waals surface area contributed by atoms with Gasteiger partial charge in [-0.2, -0.15) is 0 Å². The summed E-state index contributed by atoms with van der Waals surface area (Å²) < 4.78 is 12.1. The van der Waals surface area contributed by atoms with Crippen molar-refractivity contribution in [2.24, 2.45) is 27.7 Å². The van der Waals surface area contributed by atoms with Gasteiger partial charge in [0.05, 0.1) is 12.2 Å². The Balaban J connectivity index is 0.00000196. The third-order valence-electron chi connectivity index (χ3n) is 7.47. The molecule has 2 aliphatic heterocycles. The second-order valence-electron chi connectivity index (χ2n) is 9.65. The van der Waals surface area contributed by atoms with Gasteiger partial charge in [0, 0.05) is 55.0 Å². The van der Waals surface area contributed by atoms with Crippen LogP contribution in [0.3, 0.4) is 0 Å². The number of halogens is 1. The van der Waals surface area contributed by atoms with E-state index in [1.54, 1.807) is 0 Å². The normalized spacial score (nSPS) is 41.9. The molecule has 0 aromatic rings. The molecule has 2 saturated carbocycles. The number of fused-ring (bicyclic) bond motifs is 2. The quantitative estimate of drug-likeness (QED) is 0.365. The Kier molecular flexibility index (Phi) is 5.87. The molecule has 0 radical (unpaired) electrons. The maximum absolute atomic E-state index is 6.04. The van der Waals surface area contributed by atoms with Crippen molar-refractivity contribution < 1.29 is 9.47 Å². The monoisotopic (exact) mass is 477 g/mol. The first-order chi connectivity index (χ1) is 11.9. The van der Waals surface area contributed by atoms with Crippen molar-refractivity contribution in [2.75, 3.05) is 20.3 Å². The van der Waals surface area contributed by atoms with Crippen molar-refractivity contribution in [2.45, 2.75) is 77.7 Å². The van der Waals surface area contributed by atoms with Gasteiger partial charge in [0.2, 0.25) is 0 Å². The van der Waals surface area contributed by atoms with Gasteiger partial charge in [-0.05, 0) is 25.7 Å². The van der Waals surface area contributed by atoms with E-state index in [2.05, 4.69) is 43.3 Å². The fourth-order valence-electron chi connectivity index (χ4n) is 6.10. The molecule has 0 spiro atoms. The van der Waals surface area contributed by atoms with Gasteiger partial charge >= 0.3 is 0 Å². The second-order valence-corrected chi connectivity index (χ2v) is 9.65. The van der Waals surface area contributed by atoms with Gasteiger partial charge in [-0.15, -0.1) is 24.0 Å². The van der Waals surface area contributed by atoms with E-state index in [9.17, 15) is 0 Å². The van der Waals surface area contributed by atoms with E-state index in [4.69, 9.17) is 9.47 Å². The summed E-state index contributed by atoms with van der Waals surface area (Å²) in [5, 5.41) is 7.49. The van der Waals surface area contributed by atoms with Crippen LogP contribution in [-0.4, -0.2) is 50.5 Å². The standard InChI is InChI=1S/C20H35N3O2.HI/c1-19(2)14(12-8-6-10-24-16(12)19)22-18(21-5)23-15-13-9-7-11-25-17(13)20(15,3)4;/h12-17H,6-11H2,1-5H3,(H2,21,22,23);1H. The Morgan fingerprint density at radius 1 is 0.846 bits per heavy atom. The Morgan fingerprint density at radius 2 is 1.27 bits per heavy atom. The van der Waals surface area contributed by atoms with Crippen molar-refractivity contribution in [1.82, 2.24) is 10.6 Å². The predicted octanol–water partition coefficient (Wildman–Crippen LogP) is 3.18. The number of guanidine groups is 1. The number of hydrogen-bond acceptors (Lipinski definition) is 3. The first-order valence-corrected chi connectivity index (χ1v) is 10.1. The van der Waals surface area contributed by atoms with Crippen LogP contribution in [0.2, 0.25) is 0 Å². The highest BCUT2D eigenvalue weighted by molar-refractivity contribution is 14.0. The van der Waals surface area contributed by atoms with Gasteiger partial charge in [-0.25, -0.2) is 0 Å². The SMILES string of the molecule is CN=C(NC1C2CCCOC2C1(C)C)NC1C2CCCOC2C1(C)C.I. The zero-order valence-electron chi connectivity index (χ0n) is 16.9. The third-order valence-corrected chi connectivity index (χ3v) is 7.47.